The van der Waals surface area contributed by atoms with Crippen LogP contribution in [0.2, 0.25) is 0 Å². The van der Waals surface area contributed by atoms with Gasteiger partial charge in [-0.25, -0.2) is 4.68 Å². The van der Waals surface area contributed by atoms with Gasteiger partial charge in [-0.15, -0.1) is 5.10 Å². The first kappa shape index (κ1) is 11.6. The van der Waals surface area contributed by atoms with Crippen LogP contribution in [0.4, 0.5) is 0 Å². The van der Waals surface area contributed by atoms with Gasteiger partial charge in [0.2, 0.25) is 5.91 Å². The van der Waals surface area contributed by atoms with Gasteiger partial charge in [0.1, 0.15) is 12.9 Å². The summed E-state index contributed by atoms with van der Waals surface area (Å²) in [5, 5.41) is 14.2. The SMILES string of the molecule is O=C(Cn1cnnn1)N1CCC2(CCNC2)CC1. The maximum Gasteiger partial charge on any atom is 0.244 e. The zero-order valence-electron chi connectivity index (χ0n) is 10.4. The molecule has 1 N–H and O–H groups in total. The molecule has 2 saturated heterocycles. The van der Waals surface area contributed by atoms with Crippen molar-refractivity contribution >= 4 is 5.91 Å². The van der Waals surface area contributed by atoms with Crippen molar-refractivity contribution in [1.82, 2.24) is 30.4 Å². The van der Waals surface area contributed by atoms with Gasteiger partial charge in [-0.05, 0) is 41.6 Å². The van der Waals surface area contributed by atoms with Crippen molar-refractivity contribution in [2.75, 3.05) is 26.2 Å². The van der Waals surface area contributed by atoms with E-state index in [1.54, 1.807) is 0 Å². The Bertz CT molecular complexity index is 401. The molecule has 2 aliphatic rings. The van der Waals surface area contributed by atoms with Crippen LogP contribution in [-0.2, 0) is 11.3 Å². The summed E-state index contributed by atoms with van der Waals surface area (Å²) in [5.41, 5.74) is 0.450. The number of tetrazole rings is 1. The number of likely N-dealkylation sites (tertiary alicyclic amines) is 1. The molecule has 0 aliphatic carbocycles. The molecule has 0 bridgehead atoms. The van der Waals surface area contributed by atoms with E-state index in [4.69, 9.17) is 0 Å². The molecule has 1 spiro atoms. The van der Waals surface area contributed by atoms with E-state index in [1.165, 1.54) is 17.4 Å². The molecular weight excluding hydrogens is 232 g/mol. The Labute approximate surface area is 106 Å². The third-order valence-electron chi connectivity index (χ3n) is 4.20. The molecule has 7 nitrogen and oxygen atoms in total. The number of nitrogens with zero attached hydrogens (tertiary/aromatic N) is 5. The Balaban J connectivity index is 1.54. The number of piperidine rings is 1. The van der Waals surface area contributed by atoms with Gasteiger partial charge >= 0.3 is 0 Å². The number of carbonyl (C=O) groups is 1. The van der Waals surface area contributed by atoms with Gasteiger partial charge in [-0.3, -0.25) is 4.79 Å². The lowest BCUT2D eigenvalue weighted by Gasteiger charge is -2.38. The van der Waals surface area contributed by atoms with Crippen LogP contribution >= 0.6 is 0 Å². The summed E-state index contributed by atoms with van der Waals surface area (Å²) >= 11 is 0. The molecule has 7 heteroatoms. The number of nitrogens with one attached hydrogen (secondary N) is 1. The molecule has 3 heterocycles. The second-order valence-corrected chi connectivity index (χ2v) is 5.31. The average molecular weight is 250 g/mol. The Kier molecular flexibility index (Phi) is 2.99. The summed E-state index contributed by atoms with van der Waals surface area (Å²) < 4.78 is 1.48. The van der Waals surface area contributed by atoms with Gasteiger partial charge in [-0.1, -0.05) is 0 Å². The number of hydrogen-bond donors (Lipinski definition) is 1. The van der Waals surface area contributed by atoms with Crippen LogP contribution < -0.4 is 5.32 Å². The zero-order chi connectivity index (χ0) is 12.4. The van der Waals surface area contributed by atoms with E-state index in [0.717, 1.165) is 39.0 Å². The first-order valence-electron chi connectivity index (χ1n) is 6.47. The first-order chi connectivity index (χ1) is 8.77. The minimum absolute atomic E-state index is 0.114. The second-order valence-electron chi connectivity index (χ2n) is 5.31. The van der Waals surface area contributed by atoms with Crippen molar-refractivity contribution in [3.05, 3.63) is 6.33 Å². The minimum Gasteiger partial charge on any atom is -0.341 e. The highest BCUT2D eigenvalue weighted by molar-refractivity contribution is 5.75. The normalized spacial score (nSPS) is 22.6. The Morgan fingerprint density at radius 2 is 2.17 bits per heavy atom. The molecule has 1 aromatic rings. The summed E-state index contributed by atoms with van der Waals surface area (Å²) in [5.74, 6) is 0.114. The van der Waals surface area contributed by atoms with Crippen LogP contribution in [0.5, 0.6) is 0 Å². The molecular formula is C11H18N6O. The highest BCUT2D eigenvalue weighted by atomic mass is 16.2. The molecule has 18 heavy (non-hydrogen) atoms. The third-order valence-corrected chi connectivity index (χ3v) is 4.20. The van der Waals surface area contributed by atoms with Gasteiger partial charge < -0.3 is 10.2 Å². The van der Waals surface area contributed by atoms with Gasteiger partial charge in [0.05, 0.1) is 0 Å². The average Bonchev–Trinajstić information content (AvgIpc) is 3.03. The predicted molar refractivity (Wildman–Crippen MR) is 63.6 cm³/mol. The smallest absolute Gasteiger partial charge is 0.244 e. The second kappa shape index (κ2) is 4.64. The first-order valence-corrected chi connectivity index (χ1v) is 6.47. The van der Waals surface area contributed by atoms with E-state index in [1.807, 2.05) is 4.90 Å². The van der Waals surface area contributed by atoms with Gasteiger partial charge in [-0.2, -0.15) is 0 Å². The van der Waals surface area contributed by atoms with E-state index in [0.29, 0.717) is 5.41 Å². The number of carbonyl (C=O) groups excluding carboxylic acids is 1. The third kappa shape index (κ3) is 2.22. The fraction of sp³-hybridized carbons (Fsp3) is 0.818. The van der Waals surface area contributed by atoms with Crippen molar-refractivity contribution in [2.45, 2.75) is 25.8 Å². The van der Waals surface area contributed by atoms with E-state index in [2.05, 4.69) is 20.8 Å². The van der Waals surface area contributed by atoms with Crippen molar-refractivity contribution in [1.29, 1.82) is 0 Å². The standard InChI is InChI=1S/C11H18N6O/c18-10(7-17-9-13-14-15-17)16-5-2-11(3-6-16)1-4-12-8-11/h9,12H,1-8H2. The molecule has 0 atom stereocenters. The van der Waals surface area contributed by atoms with Crippen molar-refractivity contribution in [3.8, 4) is 0 Å². The molecule has 98 valence electrons. The van der Waals surface area contributed by atoms with E-state index in [9.17, 15) is 4.79 Å². The highest BCUT2D eigenvalue weighted by Gasteiger charge is 2.37. The molecule has 1 amide bonds. The van der Waals surface area contributed by atoms with Crippen molar-refractivity contribution in [3.63, 3.8) is 0 Å². The lowest BCUT2D eigenvalue weighted by molar-refractivity contribution is -0.134. The van der Waals surface area contributed by atoms with E-state index in [-0.39, 0.29) is 12.5 Å². The van der Waals surface area contributed by atoms with Crippen LogP contribution in [0.3, 0.4) is 0 Å². The number of aromatic nitrogens is 4. The topological polar surface area (TPSA) is 75.9 Å². The fourth-order valence-corrected chi connectivity index (χ4v) is 2.94. The summed E-state index contributed by atoms with van der Waals surface area (Å²) in [4.78, 5) is 14.0. The lowest BCUT2D eigenvalue weighted by Crippen LogP contribution is -2.45. The molecule has 1 aromatic heterocycles. The monoisotopic (exact) mass is 250 g/mol. The van der Waals surface area contributed by atoms with Crippen LogP contribution in [0, 0.1) is 5.41 Å². The highest BCUT2D eigenvalue weighted by Crippen LogP contribution is 2.36. The number of amides is 1. The molecule has 0 unspecified atom stereocenters. The maximum absolute atomic E-state index is 12.1. The Hall–Kier alpha value is -1.50. The van der Waals surface area contributed by atoms with Gasteiger partial charge in [0, 0.05) is 19.6 Å². The molecule has 0 radical (unpaired) electrons. The summed E-state index contributed by atoms with van der Waals surface area (Å²) in [6.45, 7) is 4.21. The predicted octanol–water partition coefficient (Wildman–Crippen LogP) is -0.725. The quantitative estimate of drug-likeness (QED) is 0.749. The fourth-order valence-electron chi connectivity index (χ4n) is 2.94. The van der Waals surface area contributed by atoms with Crippen molar-refractivity contribution in [2.24, 2.45) is 5.41 Å². The molecule has 2 aliphatic heterocycles. The van der Waals surface area contributed by atoms with Crippen LogP contribution in [0.25, 0.3) is 0 Å². The van der Waals surface area contributed by atoms with Crippen molar-refractivity contribution < 1.29 is 4.79 Å². The van der Waals surface area contributed by atoms with E-state index >= 15 is 0 Å². The van der Waals surface area contributed by atoms with E-state index < -0.39 is 0 Å². The molecule has 0 saturated carbocycles. The van der Waals surface area contributed by atoms with Crippen LogP contribution in [0.1, 0.15) is 19.3 Å². The summed E-state index contributed by atoms with van der Waals surface area (Å²) in [6.07, 6.45) is 4.95. The summed E-state index contributed by atoms with van der Waals surface area (Å²) in [6, 6.07) is 0. The zero-order valence-corrected chi connectivity index (χ0v) is 10.4. The molecule has 2 fully saturated rings. The molecule has 3 rings (SSSR count). The number of hydrogen-bond acceptors (Lipinski definition) is 5. The number of rotatable bonds is 2. The van der Waals surface area contributed by atoms with Crippen LogP contribution in [-0.4, -0.2) is 57.2 Å². The van der Waals surface area contributed by atoms with Gasteiger partial charge in [0.25, 0.3) is 0 Å². The minimum atomic E-state index is 0.114. The summed E-state index contributed by atoms with van der Waals surface area (Å²) in [7, 11) is 0. The largest absolute Gasteiger partial charge is 0.341 e. The Morgan fingerprint density at radius 1 is 1.33 bits per heavy atom. The maximum atomic E-state index is 12.1. The lowest BCUT2D eigenvalue weighted by atomic mass is 9.78. The van der Waals surface area contributed by atoms with Crippen LogP contribution in [0.15, 0.2) is 6.33 Å². The van der Waals surface area contributed by atoms with Gasteiger partial charge in [0.15, 0.2) is 0 Å². The Morgan fingerprint density at radius 3 is 2.78 bits per heavy atom. The molecule has 0 aromatic carbocycles.